The molecule has 1 heterocycles. The van der Waals surface area contributed by atoms with Gasteiger partial charge >= 0.3 is 0 Å². The second-order valence-corrected chi connectivity index (χ2v) is 26.1. The molecule has 26 nitrogen and oxygen atoms in total. The Morgan fingerprint density at radius 3 is 1.38 bits per heavy atom. The van der Waals surface area contributed by atoms with Crippen LogP contribution in [0, 0.1) is 23.7 Å². The summed E-state index contributed by atoms with van der Waals surface area (Å²) in [5, 5.41) is 13.6. The Morgan fingerprint density at radius 2 is 0.900 bits per heavy atom. The minimum atomic E-state index is -1.42. The number of likely N-dealkylation sites (N-methyl/N-ethyl adjacent to an activating group) is 8. The number of hydrogen-bond donors (Lipinski definition) is 5. The Balaban J connectivity index is 2.18. The van der Waals surface area contributed by atoms with Gasteiger partial charge in [-0.1, -0.05) is 84.7 Å². The molecule has 0 bridgehead atoms. The molecule has 5 N–H and O–H groups in total. The summed E-state index contributed by atoms with van der Waals surface area (Å²) in [4.78, 5) is 195. The fraction of sp³-hybridized carbons (Fsp3) is 0.703. The maximum atomic E-state index is 15.0. The number of hydrogen-bond acceptors (Lipinski definition) is 13. The predicted molar refractivity (Wildman–Crippen MR) is 339 cm³/mol. The second kappa shape index (κ2) is 34.5. The number of benzene rings is 1. The summed E-state index contributed by atoms with van der Waals surface area (Å²) >= 11 is 0. The predicted octanol–water partition coefficient (Wildman–Crippen LogP) is 0.993. The number of rotatable bonds is 10. The molecule has 0 unspecified atom stereocenters. The first kappa shape index (κ1) is 76.6. The summed E-state index contributed by atoms with van der Waals surface area (Å²) in [5.41, 5.74) is 0.665. The van der Waals surface area contributed by atoms with Gasteiger partial charge in [0.05, 0.1) is 13.0 Å². The third-order valence-electron chi connectivity index (χ3n) is 17.5. The summed E-state index contributed by atoms with van der Waals surface area (Å²) in [5.74, 6) is -9.76. The molecule has 1 aromatic rings. The Bertz CT molecular complexity index is 2720. The monoisotopic (exact) mass is 1260 g/mol. The van der Waals surface area contributed by atoms with E-state index < -0.39 is 156 Å². The average Bonchev–Trinajstić information content (AvgIpc) is 1.30. The van der Waals surface area contributed by atoms with E-state index in [2.05, 4.69) is 26.6 Å². The molecule has 1 saturated heterocycles. The third-order valence-corrected chi connectivity index (χ3v) is 17.5. The highest BCUT2D eigenvalue weighted by atomic mass is 16.2. The van der Waals surface area contributed by atoms with Crippen LogP contribution in [0.1, 0.15) is 133 Å². The molecule has 1 aromatic carbocycles. The van der Waals surface area contributed by atoms with Crippen LogP contribution in [0.15, 0.2) is 30.3 Å². The zero-order chi connectivity index (χ0) is 68.5. The highest BCUT2D eigenvalue weighted by molar-refractivity contribution is 6.00. The summed E-state index contributed by atoms with van der Waals surface area (Å²) < 4.78 is 0. The van der Waals surface area contributed by atoms with E-state index >= 15 is 0 Å². The quantitative estimate of drug-likeness (QED) is 0.219. The van der Waals surface area contributed by atoms with E-state index in [-0.39, 0.29) is 49.4 Å². The standard InChI is InChI=1S/C64H105N13O13/c1-36(2)30-46-61(87)73(16)43(11)54(80)66-40(8)60(86)77(20)53(45-28-24-25-29-45)64(90)76(19)50(63(89)70(12)13)34-51(78)71(14)41(9)55(81)69-47(31-37(3)4)62(88)75(18)48(32-38(5)6)58(84)67-39(7)59(85)74(17)49(33-44-26-22-21-23-27-44)57(83)65-35-52(79)72(15)42(10)56(82)68-46/h21-23,26-27,36-43,45-50,53H,24-25,28-35H2,1-20H3,(H,65,83)(H,66,80)(H,67,84)(H,68,82)(H,69,81)/t39-,40-,41-,42-,43-,46-,47-,48-,49-,50-,53-/m0/s1. The Labute approximate surface area is 533 Å². The van der Waals surface area contributed by atoms with Gasteiger partial charge in [0.25, 0.3) is 0 Å². The van der Waals surface area contributed by atoms with Crippen LogP contribution in [0.25, 0.3) is 0 Å². The molecule has 90 heavy (non-hydrogen) atoms. The Kier molecular flexibility index (Phi) is 29.4. The van der Waals surface area contributed by atoms with E-state index in [0.717, 1.165) is 37.3 Å². The first-order valence-electron chi connectivity index (χ1n) is 31.4. The van der Waals surface area contributed by atoms with E-state index in [0.29, 0.717) is 18.4 Å². The molecule has 11 atom stereocenters. The van der Waals surface area contributed by atoms with Crippen molar-refractivity contribution in [2.45, 2.75) is 200 Å². The maximum absolute atomic E-state index is 15.0. The van der Waals surface area contributed by atoms with Crippen molar-refractivity contribution < 1.29 is 62.3 Å². The van der Waals surface area contributed by atoms with E-state index in [1.54, 1.807) is 30.3 Å². The van der Waals surface area contributed by atoms with Gasteiger partial charge in [0.2, 0.25) is 76.8 Å². The SMILES string of the molecule is CC(C)C[C@@H]1NC(=O)[C@H](C)N(C)C(=O)CNC(=O)[C@H](Cc2ccccc2)N(C)C(=O)[C@H](C)NC(=O)[C@H](CC(C)C)N(C)C(=O)[C@H](CC(C)C)NC(=O)[C@H](C)N(C)C(=O)C[C@@H](C(=O)N(C)C)N(C)C(=O)[C@H](C2CCCC2)N(C)C(=O)[C@H](C)NC(=O)[C@H](C)N(C)C1=O. The van der Waals surface area contributed by atoms with Crippen LogP contribution in [0.3, 0.4) is 0 Å². The smallest absolute Gasteiger partial charge is 0.246 e. The van der Waals surface area contributed by atoms with E-state index in [4.69, 9.17) is 0 Å². The fourth-order valence-corrected chi connectivity index (χ4v) is 11.3. The molecule has 2 fully saturated rings. The molecule has 1 saturated carbocycles. The number of nitrogens with one attached hydrogen (secondary N) is 5. The van der Waals surface area contributed by atoms with Crippen molar-refractivity contribution in [1.29, 1.82) is 0 Å². The maximum Gasteiger partial charge on any atom is 0.246 e. The zero-order valence-electron chi connectivity index (χ0n) is 57.0. The minimum absolute atomic E-state index is 0.0125. The van der Waals surface area contributed by atoms with Crippen molar-refractivity contribution in [3.05, 3.63) is 35.9 Å². The van der Waals surface area contributed by atoms with Crippen LogP contribution in [0.4, 0.5) is 0 Å². The lowest BCUT2D eigenvalue weighted by atomic mass is 9.94. The van der Waals surface area contributed by atoms with Crippen LogP contribution < -0.4 is 26.6 Å². The van der Waals surface area contributed by atoms with Crippen LogP contribution in [-0.4, -0.2) is 252 Å². The van der Waals surface area contributed by atoms with Crippen LogP contribution >= 0.6 is 0 Å². The Morgan fingerprint density at radius 1 is 0.478 bits per heavy atom. The van der Waals surface area contributed by atoms with E-state index in [1.165, 1.54) is 113 Å². The zero-order valence-corrected chi connectivity index (χ0v) is 57.0. The van der Waals surface area contributed by atoms with Crippen molar-refractivity contribution in [3.63, 3.8) is 0 Å². The van der Waals surface area contributed by atoms with Crippen molar-refractivity contribution in [1.82, 2.24) is 65.8 Å². The van der Waals surface area contributed by atoms with Gasteiger partial charge in [-0.05, 0) is 96.0 Å². The number of amides is 13. The topological polar surface area (TPSA) is 308 Å². The summed E-state index contributed by atoms with van der Waals surface area (Å²) in [6, 6.07) is -4.71. The van der Waals surface area contributed by atoms with E-state index in [9.17, 15) is 62.3 Å². The van der Waals surface area contributed by atoms with Crippen molar-refractivity contribution >= 4 is 76.8 Å². The first-order valence-corrected chi connectivity index (χ1v) is 31.4. The molecular weight excluding hydrogens is 1160 g/mol. The van der Waals surface area contributed by atoms with Gasteiger partial charge in [-0.2, -0.15) is 0 Å². The third kappa shape index (κ3) is 20.7. The van der Waals surface area contributed by atoms with E-state index in [1.807, 2.05) is 41.5 Å². The number of carbonyl (C=O) groups is 13. The summed E-state index contributed by atoms with van der Waals surface area (Å²) in [6.45, 7) is 17.6. The lowest BCUT2D eigenvalue weighted by Gasteiger charge is -2.39. The molecule has 0 spiro atoms. The molecule has 3 rings (SSSR count). The van der Waals surface area contributed by atoms with Crippen LogP contribution in [0.5, 0.6) is 0 Å². The van der Waals surface area contributed by atoms with Crippen molar-refractivity contribution in [3.8, 4) is 0 Å². The summed E-state index contributed by atoms with van der Waals surface area (Å²) in [6.07, 6.45) is 2.39. The lowest BCUT2D eigenvalue weighted by molar-refractivity contribution is -0.154. The first-order chi connectivity index (χ1) is 41.9. The van der Waals surface area contributed by atoms with Gasteiger partial charge in [0, 0.05) is 69.8 Å². The number of carbonyl (C=O) groups excluding carboxylic acids is 13. The molecule has 1 aliphatic heterocycles. The largest absolute Gasteiger partial charge is 0.347 e. The van der Waals surface area contributed by atoms with Crippen LogP contribution in [0.2, 0.25) is 0 Å². The Hall–Kier alpha value is -7.67. The van der Waals surface area contributed by atoms with Gasteiger partial charge in [-0.25, -0.2) is 0 Å². The molecule has 0 aromatic heterocycles. The molecular formula is C64H105N13O13. The van der Waals surface area contributed by atoms with Crippen LogP contribution in [-0.2, 0) is 68.7 Å². The van der Waals surface area contributed by atoms with Gasteiger partial charge in [0.15, 0.2) is 0 Å². The van der Waals surface area contributed by atoms with Crippen molar-refractivity contribution in [2.75, 3.05) is 70.0 Å². The molecule has 0 radical (unpaired) electrons. The van der Waals surface area contributed by atoms with Gasteiger partial charge in [-0.3, -0.25) is 62.3 Å². The summed E-state index contributed by atoms with van der Waals surface area (Å²) in [7, 11) is 12.6. The normalized spacial score (nSPS) is 27.3. The molecule has 2 aliphatic rings. The lowest BCUT2D eigenvalue weighted by Crippen LogP contribution is -2.60. The molecule has 26 heteroatoms. The molecule has 1 aliphatic carbocycles. The van der Waals surface area contributed by atoms with Gasteiger partial charge < -0.3 is 65.8 Å². The number of nitrogens with zero attached hydrogens (tertiary/aromatic N) is 8. The fourth-order valence-electron chi connectivity index (χ4n) is 11.3. The van der Waals surface area contributed by atoms with Crippen molar-refractivity contribution in [2.24, 2.45) is 23.7 Å². The minimum Gasteiger partial charge on any atom is -0.347 e. The molecule has 13 amide bonds. The average molecular weight is 1260 g/mol. The highest BCUT2D eigenvalue weighted by Crippen LogP contribution is 2.32. The highest BCUT2D eigenvalue weighted by Gasteiger charge is 2.44. The van der Waals surface area contributed by atoms with Gasteiger partial charge in [0.1, 0.15) is 66.5 Å². The second-order valence-electron chi connectivity index (χ2n) is 26.1. The molecule has 504 valence electrons. The van der Waals surface area contributed by atoms with Gasteiger partial charge in [-0.15, -0.1) is 0 Å².